The quantitative estimate of drug-likeness (QED) is 0.283. The zero-order valence-electron chi connectivity index (χ0n) is 16.2. The molecule has 1 aromatic heterocycles. The molecule has 1 aromatic rings. The number of aliphatic imine (C=N–C) groups is 1. The first-order valence-electron chi connectivity index (χ1n) is 9.29. The first-order chi connectivity index (χ1) is 11.6. The van der Waals surface area contributed by atoms with Crippen molar-refractivity contribution < 1.29 is 0 Å². The highest BCUT2D eigenvalue weighted by Crippen LogP contribution is 2.12. The molecule has 0 atom stereocenters. The van der Waals surface area contributed by atoms with Crippen molar-refractivity contribution in [1.82, 2.24) is 25.1 Å². The van der Waals surface area contributed by atoms with Gasteiger partial charge in [0.2, 0.25) is 0 Å². The van der Waals surface area contributed by atoms with Crippen LogP contribution in [0.4, 0.5) is 0 Å². The van der Waals surface area contributed by atoms with Gasteiger partial charge in [0.15, 0.2) is 5.96 Å². The Kier molecular flexibility index (Phi) is 10.4. The van der Waals surface area contributed by atoms with E-state index >= 15 is 0 Å². The lowest BCUT2D eigenvalue weighted by Gasteiger charge is -2.35. The number of aryl methyl sites for hydroxylation is 2. The Morgan fingerprint density at radius 1 is 1.32 bits per heavy atom. The fourth-order valence-electron chi connectivity index (χ4n) is 3.20. The zero-order valence-corrected chi connectivity index (χ0v) is 18.5. The second-order valence-corrected chi connectivity index (χ2v) is 6.92. The van der Waals surface area contributed by atoms with Crippen molar-refractivity contribution in [2.45, 2.75) is 65.1 Å². The van der Waals surface area contributed by atoms with Crippen molar-refractivity contribution in [3.8, 4) is 0 Å². The summed E-state index contributed by atoms with van der Waals surface area (Å²) in [6.45, 7) is 11.0. The highest BCUT2D eigenvalue weighted by atomic mass is 127. The minimum atomic E-state index is 0. The fourth-order valence-corrected chi connectivity index (χ4v) is 3.20. The lowest BCUT2D eigenvalue weighted by Crippen LogP contribution is -2.49. The molecule has 0 bridgehead atoms. The molecule has 144 valence electrons. The maximum Gasteiger partial charge on any atom is 0.191 e. The molecular formula is C18H35IN6. The summed E-state index contributed by atoms with van der Waals surface area (Å²) in [4.78, 5) is 11.2. The Morgan fingerprint density at radius 2 is 2.04 bits per heavy atom. The molecule has 2 heterocycles. The number of unbranched alkanes of at least 4 members (excludes halogenated alkanes) is 1. The van der Waals surface area contributed by atoms with Gasteiger partial charge in [0.1, 0.15) is 5.82 Å². The SMILES string of the molecule is CN=C(NCCCCn1ccnc1C)NC1CCN(C(C)C)CC1.I. The van der Waals surface area contributed by atoms with Crippen LogP contribution in [0.5, 0.6) is 0 Å². The van der Waals surface area contributed by atoms with Crippen molar-refractivity contribution in [2.24, 2.45) is 4.99 Å². The summed E-state index contributed by atoms with van der Waals surface area (Å²) < 4.78 is 2.20. The van der Waals surface area contributed by atoms with Crippen molar-refractivity contribution >= 4 is 29.9 Å². The van der Waals surface area contributed by atoms with E-state index in [1.807, 2.05) is 19.4 Å². The largest absolute Gasteiger partial charge is 0.356 e. The first kappa shape index (κ1) is 22.2. The topological polar surface area (TPSA) is 57.5 Å². The van der Waals surface area contributed by atoms with E-state index in [2.05, 4.69) is 50.8 Å². The van der Waals surface area contributed by atoms with Crippen molar-refractivity contribution in [3.63, 3.8) is 0 Å². The van der Waals surface area contributed by atoms with Crippen LogP contribution in [0.1, 0.15) is 45.4 Å². The monoisotopic (exact) mass is 462 g/mol. The van der Waals surface area contributed by atoms with Crippen molar-refractivity contribution in [3.05, 3.63) is 18.2 Å². The summed E-state index contributed by atoms with van der Waals surface area (Å²) in [5, 5.41) is 7.02. The van der Waals surface area contributed by atoms with Gasteiger partial charge in [-0.25, -0.2) is 4.98 Å². The van der Waals surface area contributed by atoms with Gasteiger partial charge >= 0.3 is 0 Å². The number of nitrogens with one attached hydrogen (secondary N) is 2. The maximum atomic E-state index is 4.36. The molecule has 7 heteroatoms. The normalized spacial score (nSPS) is 16.8. The second-order valence-electron chi connectivity index (χ2n) is 6.92. The van der Waals surface area contributed by atoms with Crippen LogP contribution < -0.4 is 10.6 Å². The fraction of sp³-hybridized carbons (Fsp3) is 0.778. The van der Waals surface area contributed by atoms with Gasteiger partial charge in [-0.15, -0.1) is 24.0 Å². The minimum Gasteiger partial charge on any atom is -0.356 e. The molecule has 2 rings (SSSR count). The van der Waals surface area contributed by atoms with Crippen LogP contribution in [0.25, 0.3) is 0 Å². The van der Waals surface area contributed by atoms with E-state index < -0.39 is 0 Å². The molecule has 1 fully saturated rings. The van der Waals surface area contributed by atoms with E-state index in [0.717, 1.165) is 37.7 Å². The Labute approximate surface area is 169 Å². The van der Waals surface area contributed by atoms with Gasteiger partial charge in [-0.05, 0) is 46.5 Å². The van der Waals surface area contributed by atoms with Gasteiger partial charge in [0.25, 0.3) is 0 Å². The van der Waals surface area contributed by atoms with Crippen LogP contribution in [0.2, 0.25) is 0 Å². The van der Waals surface area contributed by atoms with Gasteiger partial charge in [-0.3, -0.25) is 4.99 Å². The molecule has 0 saturated carbocycles. The number of rotatable bonds is 7. The molecular weight excluding hydrogens is 427 g/mol. The standard InChI is InChI=1S/C18H34N6.HI/c1-15(2)23-12-7-17(8-13-23)22-18(19-4)21-9-5-6-11-24-14-10-20-16(24)3;/h10,14-15,17H,5-9,11-13H2,1-4H3,(H2,19,21,22);1H. The van der Waals surface area contributed by atoms with E-state index in [-0.39, 0.29) is 24.0 Å². The van der Waals surface area contributed by atoms with E-state index in [9.17, 15) is 0 Å². The number of likely N-dealkylation sites (tertiary alicyclic amines) is 1. The second kappa shape index (κ2) is 11.7. The lowest BCUT2D eigenvalue weighted by atomic mass is 10.0. The summed E-state index contributed by atoms with van der Waals surface area (Å²) in [6, 6.07) is 1.20. The minimum absolute atomic E-state index is 0. The Morgan fingerprint density at radius 3 is 2.60 bits per heavy atom. The molecule has 6 nitrogen and oxygen atoms in total. The molecule has 0 spiro atoms. The summed E-state index contributed by atoms with van der Waals surface area (Å²) in [5.74, 6) is 2.03. The van der Waals surface area contributed by atoms with Crippen LogP contribution in [0.15, 0.2) is 17.4 Å². The molecule has 0 radical (unpaired) electrons. The van der Waals surface area contributed by atoms with Crippen molar-refractivity contribution in [1.29, 1.82) is 0 Å². The molecule has 1 saturated heterocycles. The lowest BCUT2D eigenvalue weighted by molar-refractivity contribution is 0.167. The van der Waals surface area contributed by atoms with Gasteiger partial charge in [-0.2, -0.15) is 0 Å². The Bertz CT molecular complexity index is 505. The predicted octanol–water partition coefficient (Wildman–Crippen LogP) is 2.63. The molecule has 2 N–H and O–H groups in total. The summed E-state index contributed by atoms with van der Waals surface area (Å²) >= 11 is 0. The van der Waals surface area contributed by atoms with Crippen LogP contribution in [0.3, 0.4) is 0 Å². The van der Waals surface area contributed by atoms with Gasteiger partial charge in [0, 0.05) is 57.7 Å². The Hall–Kier alpha value is -0.830. The maximum absolute atomic E-state index is 4.36. The predicted molar refractivity (Wildman–Crippen MR) is 116 cm³/mol. The van der Waals surface area contributed by atoms with Crippen LogP contribution in [0, 0.1) is 6.92 Å². The zero-order chi connectivity index (χ0) is 17.4. The van der Waals surface area contributed by atoms with Gasteiger partial charge in [-0.1, -0.05) is 0 Å². The Balaban J connectivity index is 0.00000312. The summed E-state index contributed by atoms with van der Waals surface area (Å²) in [5.41, 5.74) is 0. The molecule has 0 unspecified atom stereocenters. The highest BCUT2D eigenvalue weighted by Gasteiger charge is 2.21. The van der Waals surface area contributed by atoms with Gasteiger partial charge in [0.05, 0.1) is 0 Å². The van der Waals surface area contributed by atoms with Crippen LogP contribution in [-0.2, 0) is 6.54 Å². The number of nitrogens with zero attached hydrogens (tertiary/aromatic N) is 4. The molecule has 25 heavy (non-hydrogen) atoms. The number of piperidine rings is 1. The smallest absolute Gasteiger partial charge is 0.191 e. The first-order valence-corrected chi connectivity index (χ1v) is 9.29. The number of imidazole rings is 1. The third-order valence-electron chi connectivity index (χ3n) is 4.87. The number of guanidine groups is 1. The van der Waals surface area contributed by atoms with E-state index in [0.29, 0.717) is 12.1 Å². The molecule has 0 aliphatic carbocycles. The molecule has 0 amide bonds. The third kappa shape index (κ3) is 7.52. The number of hydrogen-bond acceptors (Lipinski definition) is 3. The van der Waals surface area contributed by atoms with E-state index in [4.69, 9.17) is 0 Å². The van der Waals surface area contributed by atoms with Crippen LogP contribution >= 0.6 is 24.0 Å². The molecule has 1 aliphatic heterocycles. The average Bonchev–Trinajstić information content (AvgIpc) is 2.99. The van der Waals surface area contributed by atoms with Crippen LogP contribution in [-0.4, -0.2) is 59.2 Å². The number of hydrogen-bond donors (Lipinski definition) is 2. The molecule has 1 aliphatic rings. The summed E-state index contributed by atoms with van der Waals surface area (Å²) in [6.07, 6.45) is 8.58. The highest BCUT2D eigenvalue weighted by molar-refractivity contribution is 14.0. The number of halogens is 1. The van der Waals surface area contributed by atoms with E-state index in [1.165, 1.54) is 25.9 Å². The van der Waals surface area contributed by atoms with Crippen molar-refractivity contribution in [2.75, 3.05) is 26.7 Å². The van der Waals surface area contributed by atoms with E-state index in [1.54, 1.807) is 0 Å². The molecule has 0 aromatic carbocycles. The third-order valence-corrected chi connectivity index (χ3v) is 4.87. The number of aromatic nitrogens is 2. The average molecular weight is 462 g/mol. The van der Waals surface area contributed by atoms with Gasteiger partial charge < -0.3 is 20.1 Å². The summed E-state index contributed by atoms with van der Waals surface area (Å²) in [7, 11) is 1.85.